The molecular formula is C15H18FN3O. The van der Waals surface area contributed by atoms with Gasteiger partial charge in [-0.1, -0.05) is 6.07 Å². The van der Waals surface area contributed by atoms with Crippen molar-refractivity contribution in [1.82, 2.24) is 14.9 Å². The molecule has 106 valence electrons. The summed E-state index contributed by atoms with van der Waals surface area (Å²) in [5, 5.41) is 10.1. The van der Waals surface area contributed by atoms with Crippen LogP contribution < -0.4 is 0 Å². The molecule has 20 heavy (non-hydrogen) atoms. The van der Waals surface area contributed by atoms with E-state index in [-0.39, 0.29) is 6.04 Å². The minimum absolute atomic E-state index is 0.0753. The number of aliphatic hydroxyl groups is 1. The smallest absolute Gasteiger partial charge is 0.141 e. The topological polar surface area (TPSA) is 49.2 Å². The van der Waals surface area contributed by atoms with Gasteiger partial charge in [-0.05, 0) is 38.2 Å². The molecule has 0 aliphatic rings. The van der Waals surface area contributed by atoms with E-state index in [1.807, 2.05) is 37.1 Å². The molecule has 0 aliphatic carbocycles. The van der Waals surface area contributed by atoms with Gasteiger partial charge in [0.05, 0.1) is 17.6 Å². The average Bonchev–Trinajstić information content (AvgIpc) is 2.48. The number of rotatable bonds is 5. The van der Waals surface area contributed by atoms with Gasteiger partial charge in [-0.15, -0.1) is 0 Å². The molecule has 0 fully saturated rings. The highest BCUT2D eigenvalue weighted by molar-refractivity contribution is 5.10. The van der Waals surface area contributed by atoms with Gasteiger partial charge in [-0.2, -0.15) is 0 Å². The average molecular weight is 275 g/mol. The molecule has 2 aromatic rings. The Balaban J connectivity index is 2.00. The van der Waals surface area contributed by atoms with E-state index in [1.165, 1.54) is 12.1 Å². The molecule has 2 atom stereocenters. The number of hydrogen-bond donors (Lipinski definition) is 1. The Morgan fingerprint density at radius 3 is 2.60 bits per heavy atom. The normalized spacial score (nSPS) is 14.2. The van der Waals surface area contributed by atoms with Crippen LogP contribution in [-0.2, 0) is 0 Å². The van der Waals surface area contributed by atoms with Crippen molar-refractivity contribution in [3.05, 3.63) is 59.9 Å². The highest BCUT2D eigenvalue weighted by Crippen LogP contribution is 2.19. The highest BCUT2D eigenvalue weighted by Gasteiger charge is 2.18. The number of hydrogen-bond acceptors (Lipinski definition) is 4. The Kier molecular flexibility index (Phi) is 4.76. The van der Waals surface area contributed by atoms with Crippen LogP contribution >= 0.6 is 0 Å². The maximum absolute atomic E-state index is 12.8. The summed E-state index contributed by atoms with van der Waals surface area (Å²) in [6.07, 6.45) is 2.10. The van der Waals surface area contributed by atoms with Crippen molar-refractivity contribution in [3.63, 3.8) is 0 Å². The van der Waals surface area contributed by atoms with E-state index in [0.717, 1.165) is 11.9 Å². The van der Waals surface area contributed by atoms with Gasteiger partial charge >= 0.3 is 0 Å². The summed E-state index contributed by atoms with van der Waals surface area (Å²) in [5.74, 6) is -0.406. The minimum Gasteiger partial charge on any atom is -0.385 e. The Hall–Kier alpha value is -1.85. The molecule has 5 heteroatoms. The minimum atomic E-state index is -0.758. The lowest BCUT2D eigenvalue weighted by molar-refractivity contribution is 0.104. The van der Waals surface area contributed by atoms with Gasteiger partial charge in [0.15, 0.2) is 0 Å². The first-order chi connectivity index (χ1) is 9.58. The summed E-state index contributed by atoms with van der Waals surface area (Å²) in [4.78, 5) is 10.2. The molecule has 4 nitrogen and oxygen atoms in total. The van der Waals surface area contributed by atoms with E-state index in [4.69, 9.17) is 0 Å². The summed E-state index contributed by atoms with van der Waals surface area (Å²) in [5.41, 5.74) is 1.40. The fourth-order valence-corrected chi connectivity index (χ4v) is 1.96. The second kappa shape index (κ2) is 6.54. The second-order valence-electron chi connectivity index (χ2n) is 4.79. The zero-order chi connectivity index (χ0) is 14.5. The Morgan fingerprint density at radius 1 is 1.20 bits per heavy atom. The van der Waals surface area contributed by atoms with Crippen LogP contribution in [-0.4, -0.2) is 33.6 Å². The number of likely N-dealkylation sites (N-methyl/N-ethyl adjacent to an activating group) is 1. The summed E-state index contributed by atoms with van der Waals surface area (Å²) < 4.78 is 12.8. The number of halogens is 1. The Bertz CT molecular complexity index is 533. The molecular weight excluding hydrogens is 257 g/mol. The molecule has 2 aromatic heterocycles. The maximum atomic E-state index is 12.8. The molecule has 0 saturated carbocycles. The fraction of sp³-hybridized carbons (Fsp3) is 0.333. The van der Waals surface area contributed by atoms with Crippen molar-refractivity contribution >= 4 is 0 Å². The van der Waals surface area contributed by atoms with Gasteiger partial charge in [-0.3, -0.25) is 14.9 Å². The molecule has 0 spiro atoms. The summed E-state index contributed by atoms with van der Waals surface area (Å²) in [6, 6.07) is 8.63. The van der Waals surface area contributed by atoms with Crippen LogP contribution in [0.2, 0.25) is 0 Å². The quantitative estimate of drug-likeness (QED) is 0.910. The van der Waals surface area contributed by atoms with E-state index in [1.54, 1.807) is 6.20 Å². The molecule has 0 aliphatic heterocycles. The third kappa shape index (κ3) is 3.59. The first-order valence-electron chi connectivity index (χ1n) is 6.48. The molecule has 2 heterocycles. The first kappa shape index (κ1) is 14.6. The van der Waals surface area contributed by atoms with E-state index >= 15 is 0 Å². The van der Waals surface area contributed by atoms with Gasteiger partial charge in [0, 0.05) is 18.8 Å². The summed E-state index contributed by atoms with van der Waals surface area (Å²) in [7, 11) is 1.91. The van der Waals surface area contributed by atoms with Gasteiger partial charge in [-0.25, -0.2) is 4.39 Å². The predicted octanol–water partition coefficient (Wildman–Crippen LogP) is 2.34. The predicted molar refractivity (Wildman–Crippen MR) is 74.4 cm³/mol. The van der Waals surface area contributed by atoms with Gasteiger partial charge in [0.25, 0.3) is 0 Å². The van der Waals surface area contributed by atoms with Gasteiger partial charge in [0.2, 0.25) is 0 Å². The molecule has 0 amide bonds. The third-order valence-corrected chi connectivity index (χ3v) is 3.33. The molecule has 0 bridgehead atoms. The van der Waals surface area contributed by atoms with Crippen LogP contribution in [0.5, 0.6) is 0 Å². The maximum Gasteiger partial charge on any atom is 0.141 e. The number of aliphatic hydroxyl groups excluding tert-OH is 1. The first-order valence-corrected chi connectivity index (χ1v) is 6.48. The van der Waals surface area contributed by atoms with Crippen LogP contribution in [0, 0.1) is 5.82 Å². The molecule has 1 N–H and O–H groups in total. The van der Waals surface area contributed by atoms with Crippen LogP contribution in [0.25, 0.3) is 0 Å². The number of pyridine rings is 2. The van der Waals surface area contributed by atoms with Crippen molar-refractivity contribution in [2.75, 3.05) is 13.6 Å². The van der Waals surface area contributed by atoms with Crippen LogP contribution in [0.4, 0.5) is 4.39 Å². The van der Waals surface area contributed by atoms with Crippen molar-refractivity contribution < 1.29 is 9.50 Å². The standard InChI is InChI=1S/C15H18FN3O/c1-11(13-5-3-4-8-17-13)19(2)10-15(20)14-7-6-12(16)9-18-14/h3-9,11,15,20H,10H2,1-2H3. The summed E-state index contributed by atoms with van der Waals surface area (Å²) in [6.45, 7) is 2.42. The van der Waals surface area contributed by atoms with E-state index < -0.39 is 11.9 Å². The van der Waals surface area contributed by atoms with E-state index in [9.17, 15) is 9.50 Å². The lowest BCUT2D eigenvalue weighted by atomic mass is 10.1. The Morgan fingerprint density at radius 2 is 2.00 bits per heavy atom. The highest BCUT2D eigenvalue weighted by atomic mass is 19.1. The number of nitrogens with zero attached hydrogens (tertiary/aromatic N) is 3. The molecule has 0 aromatic carbocycles. The van der Waals surface area contributed by atoms with Crippen molar-refractivity contribution in [3.8, 4) is 0 Å². The fourth-order valence-electron chi connectivity index (χ4n) is 1.96. The lowest BCUT2D eigenvalue weighted by Crippen LogP contribution is -2.28. The van der Waals surface area contributed by atoms with Crippen LogP contribution in [0.3, 0.4) is 0 Å². The third-order valence-electron chi connectivity index (χ3n) is 3.33. The molecule has 0 radical (unpaired) electrons. The van der Waals surface area contributed by atoms with Crippen LogP contribution in [0.1, 0.15) is 30.5 Å². The van der Waals surface area contributed by atoms with E-state index in [0.29, 0.717) is 12.2 Å². The van der Waals surface area contributed by atoms with E-state index in [2.05, 4.69) is 9.97 Å². The second-order valence-corrected chi connectivity index (χ2v) is 4.79. The van der Waals surface area contributed by atoms with Crippen molar-refractivity contribution in [1.29, 1.82) is 0 Å². The summed E-state index contributed by atoms with van der Waals surface area (Å²) >= 11 is 0. The molecule has 0 saturated heterocycles. The monoisotopic (exact) mass is 275 g/mol. The zero-order valence-corrected chi connectivity index (χ0v) is 11.6. The van der Waals surface area contributed by atoms with Crippen LogP contribution in [0.15, 0.2) is 42.7 Å². The van der Waals surface area contributed by atoms with Crippen molar-refractivity contribution in [2.45, 2.75) is 19.1 Å². The lowest BCUT2D eigenvalue weighted by Gasteiger charge is -2.26. The largest absolute Gasteiger partial charge is 0.385 e. The molecule has 2 unspecified atom stereocenters. The zero-order valence-electron chi connectivity index (χ0n) is 11.6. The molecule has 2 rings (SSSR count). The van der Waals surface area contributed by atoms with Gasteiger partial charge < -0.3 is 5.11 Å². The SMILES string of the molecule is CC(c1ccccn1)N(C)CC(O)c1ccc(F)cn1. The van der Waals surface area contributed by atoms with Gasteiger partial charge in [0.1, 0.15) is 11.9 Å². The Labute approximate surface area is 117 Å². The van der Waals surface area contributed by atoms with Crippen molar-refractivity contribution in [2.24, 2.45) is 0 Å². The number of aromatic nitrogens is 2.